The molecular formula is C21H28N6O2S. The minimum atomic E-state index is -3.76. The van der Waals surface area contributed by atoms with Crippen LogP contribution in [0.3, 0.4) is 0 Å². The molecule has 0 spiro atoms. The highest BCUT2D eigenvalue weighted by atomic mass is 32.2. The molecule has 3 aromatic rings. The van der Waals surface area contributed by atoms with Gasteiger partial charge in [0.15, 0.2) is 5.82 Å². The van der Waals surface area contributed by atoms with E-state index >= 15 is 0 Å². The van der Waals surface area contributed by atoms with Crippen LogP contribution in [0.5, 0.6) is 0 Å². The quantitative estimate of drug-likeness (QED) is 0.684. The van der Waals surface area contributed by atoms with E-state index < -0.39 is 10.0 Å². The number of sulfonamides is 1. The molecule has 0 saturated heterocycles. The molecule has 0 bridgehead atoms. The van der Waals surface area contributed by atoms with Gasteiger partial charge in [-0.1, -0.05) is 0 Å². The predicted molar refractivity (Wildman–Crippen MR) is 116 cm³/mol. The van der Waals surface area contributed by atoms with E-state index in [2.05, 4.69) is 24.6 Å². The summed E-state index contributed by atoms with van der Waals surface area (Å²) in [6.07, 6.45) is 3.21. The maximum Gasteiger partial charge on any atom is 0.265 e. The first kappa shape index (κ1) is 20.6. The second kappa shape index (κ2) is 7.23. The van der Waals surface area contributed by atoms with Gasteiger partial charge in [-0.15, -0.1) is 10.2 Å². The summed E-state index contributed by atoms with van der Waals surface area (Å²) in [5.74, 6) is 1.85. The molecule has 0 amide bonds. The Kier molecular flexibility index (Phi) is 4.96. The van der Waals surface area contributed by atoms with Crippen molar-refractivity contribution in [2.45, 2.75) is 70.9 Å². The Morgan fingerprint density at radius 1 is 1.03 bits per heavy atom. The monoisotopic (exact) mass is 428 g/mol. The number of hydrogen-bond donors (Lipinski definition) is 1. The fraction of sp³-hybridized carbons (Fsp3) is 0.476. The third-order valence-corrected chi connectivity index (χ3v) is 7.02. The van der Waals surface area contributed by atoms with Crippen molar-refractivity contribution >= 4 is 15.7 Å². The van der Waals surface area contributed by atoms with Crippen molar-refractivity contribution in [3.63, 3.8) is 0 Å². The van der Waals surface area contributed by atoms with Gasteiger partial charge in [-0.05, 0) is 71.7 Å². The summed E-state index contributed by atoms with van der Waals surface area (Å²) in [7, 11) is -3.76. The molecule has 1 aromatic carbocycles. The lowest BCUT2D eigenvalue weighted by atomic mass is 10.1. The van der Waals surface area contributed by atoms with Gasteiger partial charge in [-0.25, -0.2) is 8.42 Å². The van der Waals surface area contributed by atoms with Crippen LogP contribution >= 0.6 is 0 Å². The highest BCUT2D eigenvalue weighted by Crippen LogP contribution is 2.28. The van der Waals surface area contributed by atoms with Crippen LogP contribution in [0.15, 0.2) is 29.2 Å². The standard InChI is InChI=1S/C21H28N6O2S/c1-14-19(15(2)27(24-14)21(3,4)5)30(28,29)25-17-11-9-16(10-12-17)20-23-22-18-8-6-7-13-26(18)20/h9-12,25H,6-8,13H2,1-5H3. The van der Waals surface area contributed by atoms with Gasteiger partial charge in [0, 0.05) is 24.2 Å². The fourth-order valence-corrected chi connectivity index (χ4v) is 5.54. The number of anilines is 1. The van der Waals surface area contributed by atoms with E-state index in [1.807, 2.05) is 32.9 Å². The highest BCUT2D eigenvalue weighted by Gasteiger charge is 2.28. The molecule has 0 aliphatic carbocycles. The molecule has 8 nitrogen and oxygen atoms in total. The zero-order valence-electron chi connectivity index (χ0n) is 18.1. The summed E-state index contributed by atoms with van der Waals surface area (Å²) in [5, 5.41) is 13.1. The molecule has 1 aliphatic rings. The van der Waals surface area contributed by atoms with Gasteiger partial charge in [0.2, 0.25) is 0 Å². The number of nitrogens with one attached hydrogen (secondary N) is 1. The smallest absolute Gasteiger partial charge is 0.265 e. The topological polar surface area (TPSA) is 94.7 Å². The molecule has 2 aromatic heterocycles. The second-order valence-corrected chi connectivity index (χ2v) is 10.4. The van der Waals surface area contributed by atoms with Crippen molar-refractivity contribution in [1.29, 1.82) is 0 Å². The first-order chi connectivity index (χ1) is 14.1. The molecule has 9 heteroatoms. The van der Waals surface area contributed by atoms with E-state index in [-0.39, 0.29) is 10.4 Å². The third kappa shape index (κ3) is 3.62. The molecule has 1 N–H and O–H groups in total. The van der Waals surface area contributed by atoms with Crippen LogP contribution in [0.2, 0.25) is 0 Å². The summed E-state index contributed by atoms with van der Waals surface area (Å²) < 4.78 is 32.8. The van der Waals surface area contributed by atoms with E-state index in [1.54, 1.807) is 30.7 Å². The van der Waals surface area contributed by atoms with Crippen molar-refractivity contribution in [3.05, 3.63) is 41.5 Å². The zero-order chi connectivity index (χ0) is 21.7. The van der Waals surface area contributed by atoms with Gasteiger partial charge in [0.1, 0.15) is 10.7 Å². The SMILES string of the molecule is Cc1nn(C(C)(C)C)c(C)c1S(=O)(=O)Nc1ccc(-c2nnc3n2CCCC3)cc1. The minimum absolute atomic E-state index is 0.230. The number of benzene rings is 1. The summed E-state index contributed by atoms with van der Waals surface area (Å²) in [5.41, 5.74) is 2.23. The first-order valence-corrected chi connectivity index (χ1v) is 11.7. The number of fused-ring (bicyclic) bond motifs is 1. The predicted octanol–water partition coefficient (Wildman–Crippen LogP) is 3.65. The molecule has 30 heavy (non-hydrogen) atoms. The molecule has 0 saturated carbocycles. The number of aromatic nitrogens is 5. The number of nitrogens with zero attached hydrogens (tertiary/aromatic N) is 5. The average molecular weight is 429 g/mol. The van der Waals surface area contributed by atoms with Crippen LogP contribution in [0.25, 0.3) is 11.4 Å². The van der Waals surface area contributed by atoms with E-state index in [1.165, 1.54) is 0 Å². The van der Waals surface area contributed by atoms with Crippen LogP contribution < -0.4 is 4.72 Å². The molecule has 160 valence electrons. The van der Waals surface area contributed by atoms with Crippen LogP contribution in [-0.2, 0) is 28.5 Å². The lowest BCUT2D eigenvalue weighted by Crippen LogP contribution is -2.25. The van der Waals surface area contributed by atoms with Gasteiger partial charge in [0.25, 0.3) is 10.0 Å². The van der Waals surface area contributed by atoms with Gasteiger partial charge in [-0.2, -0.15) is 5.10 Å². The number of hydrogen-bond acceptors (Lipinski definition) is 5. The van der Waals surface area contributed by atoms with Crippen LogP contribution in [0, 0.1) is 13.8 Å². The molecule has 0 unspecified atom stereocenters. The zero-order valence-corrected chi connectivity index (χ0v) is 18.9. The third-order valence-electron chi connectivity index (χ3n) is 5.38. The van der Waals surface area contributed by atoms with Crippen molar-refractivity contribution in [3.8, 4) is 11.4 Å². The lowest BCUT2D eigenvalue weighted by molar-refractivity contribution is 0.345. The van der Waals surface area contributed by atoms with E-state index in [0.717, 1.165) is 43.0 Å². The van der Waals surface area contributed by atoms with Gasteiger partial charge in [0.05, 0.1) is 16.9 Å². The van der Waals surface area contributed by atoms with Crippen LogP contribution in [-0.4, -0.2) is 33.0 Å². The largest absolute Gasteiger partial charge is 0.311 e. The Hall–Kier alpha value is -2.68. The summed E-state index contributed by atoms with van der Waals surface area (Å²) >= 11 is 0. The summed E-state index contributed by atoms with van der Waals surface area (Å²) in [6.45, 7) is 10.4. The number of rotatable bonds is 4. The minimum Gasteiger partial charge on any atom is -0.311 e. The summed E-state index contributed by atoms with van der Waals surface area (Å²) in [6, 6.07) is 7.27. The van der Waals surface area contributed by atoms with Gasteiger partial charge in [-0.3, -0.25) is 9.40 Å². The van der Waals surface area contributed by atoms with Gasteiger partial charge < -0.3 is 4.57 Å². The van der Waals surface area contributed by atoms with E-state index in [4.69, 9.17) is 0 Å². The first-order valence-electron chi connectivity index (χ1n) is 10.2. The second-order valence-electron chi connectivity index (χ2n) is 8.81. The fourth-order valence-electron chi connectivity index (χ4n) is 4.09. The van der Waals surface area contributed by atoms with Crippen molar-refractivity contribution < 1.29 is 8.42 Å². The number of aryl methyl sites for hydroxylation is 2. The maximum atomic E-state index is 13.1. The Morgan fingerprint density at radius 2 is 1.73 bits per heavy atom. The molecule has 1 aliphatic heterocycles. The Balaban J connectivity index is 1.61. The maximum absolute atomic E-state index is 13.1. The normalized spacial score (nSPS) is 14.6. The van der Waals surface area contributed by atoms with Crippen molar-refractivity contribution in [2.75, 3.05) is 4.72 Å². The molecule has 0 fully saturated rings. The van der Waals surface area contributed by atoms with Gasteiger partial charge >= 0.3 is 0 Å². The molecular weight excluding hydrogens is 400 g/mol. The van der Waals surface area contributed by atoms with E-state index in [0.29, 0.717) is 17.1 Å². The van der Waals surface area contributed by atoms with Crippen molar-refractivity contribution in [1.82, 2.24) is 24.5 Å². The molecule has 4 rings (SSSR count). The van der Waals surface area contributed by atoms with Crippen LogP contribution in [0.4, 0.5) is 5.69 Å². The molecule has 3 heterocycles. The molecule has 0 radical (unpaired) electrons. The van der Waals surface area contributed by atoms with Crippen LogP contribution in [0.1, 0.15) is 50.8 Å². The highest BCUT2D eigenvalue weighted by molar-refractivity contribution is 7.92. The van der Waals surface area contributed by atoms with Crippen molar-refractivity contribution in [2.24, 2.45) is 0 Å². The average Bonchev–Trinajstić information content (AvgIpc) is 3.23. The molecule has 0 atom stereocenters. The lowest BCUT2D eigenvalue weighted by Gasteiger charge is -2.21. The Morgan fingerprint density at radius 3 is 2.37 bits per heavy atom. The summed E-state index contributed by atoms with van der Waals surface area (Å²) in [4.78, 5) is 0.230. The van der Waals surface area contributed by atoms with E-state index in [9.17, 15) is 8.42 Å². The Labute approximate surface area is 177 Å². The Bertz CT molecular complexity index is 1180.